The quantitative estimate of drug-likeness (QED) is 0.717. The molecular formula is C8H10N2O3S. The molecule has 0 aromatic carbocycles. The molecule has 0 unspecified atom stereocenters. The van der Waals surface area contributed by atoms with Gasteiger partial charge in [-0.2, -0.15) is 0 Å². The maximum absolute atomic E-state index is 10.9. The zero-order chi connectivity index (χ0) is 10.6. The fourth-order valence-corrected chi connectivity index (χ4v) is 1.49. The molecule has 0 saturated heterocycles. The molecule has 1 rings (SSSR count). The molecule has 0 spiro atoms. The van der Waals surface area contributed by atoms with E-state index in [1.807, 2.05) is 12.3 Å². The summed E-state index contributed by atoms with van der Waals surface area (Å²) in [6.07, 6.45) is -0.497. The number of carboxylic acid groups (broad SMARTS) is 1. The van der Waals surface area contributed by atoms with E-state index in [0.29, 0.717) is 0 Å². The van der Waals surface area contributed by atoms with E-state index in [4.69, 9.17) is 5.11 Å². The molecule has 0 saturated carbocycles. The number of hydrogen-bond acceptors (Lipinski definition) is 4. The van der Waals surface area contributed by atoms with Crippen molar-refractivity contribution in [2.45, 2.75) is 19.9 Å². The van der Waals surface area contributed by atoms with Crippen LogP contribution in [0.5, 0.6) is 0 Å². The summed E-state index contributed by atoms with van der Waals surface area (Å²) in [5, 5.41) is 13.5. The molecule has 0 fully saturated rings. The number of carbonyl (C=O) groups excluding carboxylic acids is 1. The van der Waals surface area contributed by atoms with Crippen molar-refractivity contribution >= 4 is 23.2 Å². The highest BCUT2D eigenvalue weighted by Crippen LogP contribution is 2.07. The van der Waals surface area contributed by atoms with Gasteiger partial charge in [0.1, 0.15) is 6.42 Å². The Balaban J connectivity index is 2.34. The van der Waals surface area contributed by atoms with Gasteiger partial charge in [-0.15, -0.1) is 11.3 Å². The lowest BCUT2D eigenvalue weighted by Crippen LogP contribution is -2.25. The van der Waals surface area contributed by atoms with Crippen LogP contribution in [0.3, 0.4) is 0 Å². The van der Waals surface area contributed by atoms with Crippen LogP contribution >= 0.6 is 11.3 Å². The van der Waals surface area contributed by atoms with Gasteiger partial charge in [0, 0.05) is 5.38 Å². The van der Waals surface area contributed by atoms with Crippen LogP contribution in [0, 0.1) is 6.92 Å². The first-order valence-corrected chi connectivity index (χ1v) is 4.85. The summed E-state index contributed by atoms with van der Waals surface area (Å²) in [6.45, 7) is 2.16. The van der Waals surface area contributed by atoms with E-state index in [2.05, 4.69) is 10.3 Å². The number of nitrogens with zero attached hydrogens (tertiary/aromatic N) is 1. The van der Waals surface area contributed by atoms with Crippen LogP contribution in [-0.4, -0.2) is 22.0 Å². The van der Waals surface area contributed by atoms with Gasteiger partial charge in [-0.25, -0.2) is 4.98 Å². The number of amides is 1. The molecule has 0 aliphatic heterocycles. The van der Waals surface area contributed by atoms with Gasteiger partial charge >= 0.3 is 5.97 Å². The predicted molar refractivity (Wildman–Crippen MR) is 51.0 cm³/mol. The smallest absolute Gasteiger partial charge is 0.312 e. The number of rotatable bonds is 4. The molecule has 0 aliphatic carbocycles. The minimum atomic E-state index is -1.13. The molecule has 1 heterocycles. The minimum absolute atomic E-state index is 0.288. The SMILES string of the molecule is Cc1nc(CNC(=O)CC(=O)O)cs1. The second kappa shape index (κ2) is 4.71. The molecule has 2 N–H and O–H groups in total. The summed E-state index contributed by atoms with van der Waals surface area (Å²) in [5.41, 5.74) is 0.756. The lowest BCUT2D eigenvalue weighted by molar-refractivity contribution is -0.140. The van der Waals surface area contributed by atoms with Crippen LogP contribution in [0.1, 0.15) is 17.1 Å². The van der Waals surface area contributed by atoms with Crippen LogP contribution < -0.4 is 5.32 Å². The van der Waals surface area contributed by atoms with Crippen molar-refractivity contribution in [2.75, 3.05) is 0 Å². The molecule has 6 heteroatoms. The molecular weight excluding hydrogens is 204 g/mol. The highest BCUT2D eigenvalue weighted by Gasteiger charge is 2.07. The van der Waals surface area contributed by atoms with Crippen molar-refractivity contribution in [3.05, 3.63) is 16.1 Å². The van der Waals surface area contributed by atoms with Gasteiger partial charge in [0.15, 0.2) is 0 Å². The molecule has 1 aromatic heterocycles. The Labute approximate surface area is 84.8 Å². The van der Waals surface area contributed by atoms with E-state index in [9.17, 15) is 9.59 Å². The number of nitrogens with one attached hydrogen (secondary N) is 1. The summed E-state index contributed by atoms with van der Waals surface area (Å²) in [5.74, 6) is -1.62. The predicted octanol–water partition coefficient (Wildman–Crippen LogP) is 0.542. The number of carbonyl (C=O) groups is 2. The number of aromatic nitrogens is 1. The van der Waals surface area contributed by atoms with E-state index in [0.717, 1.165) is 10.7 Å². The molecule has 0 aliphatic rings. The fraction of sp³-hybridized carbons (Fsp3) is 0.375. The standard InChI is InChI=1S/C8H10N2O3S/c1-5-10-6(4-14-5)3-9-7(11)2-8(12)13/h4H,2-3H2,1H3,(H,9,11)(H,12,13). The first-order chi connectivity index (χ1) is 6.58. The van der Waals surface area contributed by atoms with Gasteiger partial charge < -0.3 is 10.4 Å². The summed E-state index contributed by atoms with van der Waals surface area (Å²) < 4.78 is 0. The maximum atomic E-state index is 10.9. The monoisotopic (exact) mass is 214 g/mol. The van der Waals surface area contributed by atoms with Gasteiger partial charge in [-0.05, 0) is 6.92 Å². The van der Waals surface area contributed by atoms with Gasteiger partial charge in [0.25, 0.3) is 0 Å². The number of hydrogen-bond donors (Lipinski definition) is 2. The van der Waals surface area contributed by atoms with Crippen LogP contribution in [0.25, 0.3) is 0 Å². The van der Waals surface area contributed by atoms with Gasteiger partial charge in [-0.1, -0.05) is 0 Å². The summed E-state index contributed by atoms with van der Waals surface area (Å²) >= 11 is 1.49. The van der Waals surface area contributed by atoms with Crippen LogP contribution in [0.2, 0.25) is 0 Å². The summed E-state index contributed by atoms with van der Waals surface area (Å²) in [6, 6.07) is 0. The van der Waals surface area contributed by atoms with Crippen molar-refractivity contribution in [1.29, 1.82) is 0 Å². The van der Waals surface area contributed by atoms with E-state index >= 15 is 0 Å². The van der Waals surface area contributed by atoms with E-state index < -0.39 is 18.3 Å². The maximum Gasteiger partial charge on any atom is 0.312 e. The Morgan fingerprint density at radius 3 is 2.86 bits per heavy atom. The lowest BCUT2D eigenvalue weighted by Gasteiger charge is -1.99. The molecule has 0 bridgehead atoms. The normalized spacial score (nSPS) is 9.79. The van der Waals surface area contributed by atoms with Crippen LogP contribution in [0.15, 0.2) is 5.38 Å². The first kappa shape index (κ1) is 10.6. The Morgan fingerprint density at radius 1 is 1.64 bits per heavy atom. The third-order valence-electron chi connectivity index (χ3n) is 1.45. The number of carboxylic acids is 1. The van der Waals surface area contributed by atoms with Crippen molar-refractivity contribution in [3.8, 4) is 0 Å². The zero-order valence-electron chi connectivity index (χ0n) is 7.61. The second-order valence-corrected chi connectivity index (χ2v) is 3.77. The molecule has 76 valence electrons. The average molecular weight is 214 g/mol. The number of aliphatic carboxylic acids is 1. The van der Waals surface area contributed by atoms with Gasteiger partial charge in [-0.3, -0.25) is 9.59 Å². The van der Waals surface area contributed by atoms with Gasteiger partial charge in [0.2, 0.25) is 5.91 Å². The zero-order valence-corrected chi connectivity index (χ0v) is 8.43. The van der Waals surface area contributed by atoms with Crippen molar-refractivity contribution in [3.63, 3.8) is 0 Å². The second-order valence-electron chi connectivity index (χ2n) is 2.71. The number of aryl methyl sites for hydroxylation is 1. The van der Waals surface area contributed by atoms with Crippen molar-refractivity contribution in [1.82, 2.24) is 10.3 Å². The molecule has 5 nitrogen and oxygen atoms in total. The highest BCUT2D eigenvalue weighted by molar-refractivity contribution is 7.09. The van der Waals surface area contributed by atoms with Crippen LogP contribution in [0.4, 0.5) is 0 Å². The topological polar surface area (TPSA) is 79.3 Å². The Kier molecular flexibility index (Phi) is 3.58. The molecule has 1 amide bonds. The van der Waals surface area contributed by atoms with E-state index in [1.165, 1.54) is 11.3 Å². The third-order valence-corrected chi connectivity index (χ3v) is 2.27. The Bertz CT molecular complexity index is 348. The van der Waals surface area contributed by atoms with Gasteiger partial charge in [0.05, 0.1) is 17.2 Å². The van der Waals surface area contributed by atoms with Crippen molar-refractivity contribution < 1.29 is 14.7 Å². The van der Waals surface area contributed by atoms with Crippen molar-refractivity contribution in [2.24, 2.45) is 0 Å². The average Bonchev–Trinajstić information content (AvgIpc) is 2.47. The summed E-state index contributed by atoms with van der Waals surface area (Å²) in [7, 11) is 0. The van der Waals surface area contributed by atoms with Crippen LogP contribution in [-0.2, 0) is 16.1 Å². The third kappa shape index (κ3) is 3.53. The lowest BCUT2D eigenvalue weighted by atomic mass is 10.4. The van der Waals surface area contributed by atoms with E-state index in [-0.39, 0.29) is 6.54 Å². The molecule has 14 heavy (non-hydrogen) atoms. The molecule has 1 aromatic rings. The molecule has 0 radical (unpaired) electrons. The number of thiazole rings is 1. The largest absolute Gasteiger partial charge is 0.481 e. The van der Waals surface area contributed by atoms with E-state index in [1.54, 1.807) is 0 Å². The summed E-state index contributed by atoms with van der Waals surface area (Å²) in [4.78, 5) is 25.2. The fourth-order valence-electron chi connectivity index (χ4n) is 0.878. The Morgan fingerprint density at radius 2 is 2.36 bits per heavy atom. The molecule has 0 atom stereocenters. The minimum Gasteiger partial charge on any atom is -0.481 e. The highest BCUT2D eigenvalue weighted by atomic mass is 32.1. The Hall–Kier alpha value is -1.43. The first-order valence-electron chi connectivity index (χ1n) is 3.97.